The topological polar surface area (TPSA) is 64.4 Å². The van der Waals surface area contributed by atoms with Gasteiger partial charge in [-0.1, -0.05) is 34.8 Å². The van der Waals surface area contributed by atoms with Crippen molar-refractivity contribution in [2.75, 3.05) is 14.1 Å². The molecule has 0 saturated carbocycles. The first kappa shape index (κ1) is 14.6. The fourth-order valence-corrected chi connectivity index (χ4v) is 1.09. The van der Waals surface area contributed by atoms with E-state index in [0.29, 0.717) is 0 Å². The lowest BCUT2D eigenvalue weighted by Crippen LogP contribution is -2.33. The smallest absolute Gasteiger partial charge is 0.258 e. The van der Waals surface area contributed by atoms with E-state index in [1.54, 1.807) is 0 Å². The second-order valence-corrected chi connectivity index (χ2v) is 5.31. The molecular weight excluding hydrogens is 262 g/mol. The summed E-state index contributed by atoms with van der Waals surface area (Å²) >= 11 is 16.4. The Labute approximate surface area is 103 Å². The number of allylic oxidation sites excluding steroid dienone is 1. The summed E-state index contributed by atoms with van der Waals surface area (Å²) in [6, 6.07) is 0. The van der Waals surface area contributed by atoms with Crippen LogP contribution < -0.4 is 0 Å². The number of carbonyl (C=O) groups excluding carboxylic acids is 1. The first-order chi connectivity index (χ1) is 6.59. The first-order valence-corrected chi connectivity index (χ1v) is 5.00. The zero-order valence-electron chi connectivity index (χ0n) is 8.44. The Morgan fingerprint density at radius 3 is 1.93 bits per heavy atom. The van der Waals surface area contributed by atoms with Crippen LogP contribution >= 0.6 is 34.8 Å². The van der Waals surface area contributed by atoms with Crippen molar-refractivity contribution in [1.29, 1.82) is 5.41 Å². The monoisotopic (exact) mass is 272 g/mol. The van der Waals surface area contributed by atoms with Gasteiger partial charge in [0.2, 0.25) is 3.79 Å². The lowest BCUT2D eigenvalue weighted by Gasteiger charge is -2.19. The second-order valence-electron chi connectivity index (χ2n) is 3.03. The highest BCUT2D eigenvalue weighted by Crippen LogP contribution is 2.31. The van der Waals surface area contributed by atoms with Crippen LogP contribution in [0.5, 0.6) is 0 Å². The molecular formula is C8H11Cl3N2O2. The van der Waals surface area contributed by atoms with E-state index in [2.05, 4.69) is 0 Å². The third kappa shape index (κ3) is 3.89. The average Bonchev–Trinajstić information content (AvgIpc) is 2.01. The van der Waals surface area contributed by atoms with Gasteiger partial charge < -0.3 is 10.0 Å². The van der Waals surface area contributed by atoms with Gasteiger partial charge in [0, 0.05) is 14.1 Å². The Kier molecular flexibility index (Phi) is 4.90. The molecule has 86 valence electrons. The van der Waals surface area contributed by atoms with E-state index in [-0.39, 0.29) is 11.3 Å². The Morgan fingerprint density at radius 1 is 1.33 bits per heavy atom. The van der Waals surface area contributed by atoms with Gasteiger partial charge in [0.05, 0.1) is 5.71 Å². The van der Waals surface area contributed by atoms with E-state index in [4.69, 9.17) is 40.2 Å². The standard InChI is InChI=1S/C8H11Cl3N2O2/c1-4(14)5(7(15)13(2)3)6(12)8(9,10)11/h12,14H,1-3H3. The third-order valence-corrected chi connectivity index (χ3v) is 2.08. The van der Waals surface area contributed by atoms with Gasteiger partial charge in [-0.15, -0.1) is 0 Å². The van der Waals surface area contributed by atoms with E-state index in [0.717, 1.165) is 0 Å². The fourth-order valence-electron chi connectivity index (χ4n) is 0.808. The van der Waals surface area contributed by atoms with Gasteiger partial charge in [0.15, 0.2) is 0 Å². The van der Waals surface area contributed by atoms with Gasteiger partial charge in [0.1, 0.15) is 11.3 Å². The van der Waals surface area contributed by atoms with Gasteiger partial charge in [-0.05, 0) is 6.92 Å². The van der Waals surface area contributed by atoms with Crippen molar-refractivity contribution in [2.24, 2.45) is 0 Å². The summed E-state index contributed by atoms with van der Waals surface area (Å²) < 4.78 is -2.04. The lowest BCUT2D eigenvalue weighted by molar-refractivity contribution is -0.124. The Bertz CT molecular complexity index is 314. The molecule has 0 aromatic rings. The predicted octanol–water partition coefficient (Wildman–Crippen LogP) is 2.30. The number of aliphatic hydroxyl groups is 1. The van der Waals surface area contributed by atoms with Crippen LogP contribution in [0.3, 0.4) is 0 Å². The van der Waals surface area contributed by atoms with Gasteiger partial charge in [-0.2, -0.15) is 0 Å². The molecule has 7 heteroatoms. The van der Waals surface area contributed by atoms with E-state index in [9.17, 15) is 9.90 Å². The zero-order valence-corrected chi connectivity index (χ0v) is 10.7. The van der Waals surface area contributed by atoms with Crippen LogP contribution in [0.15, 0.2) is 11.3 Å². The molecule has 0 unspecified atom stereocenters. The van der Waals surface area contributed by atoms with Crippen LogP contribution in [-0.4, -0.2) is 39.5 Å². The van der Waals surface area contributed by atoms with Crippen LogP contribution in [0, 0.1) is 5.41 Å². The van der Waals surface area contributed by atoms with E-state index in [1.165, 1.54) is 25.9 Å². The summed E-state index contributed by atoms with van der Waals surface area (Å²) in [6.45, 7) is 1.25. The van der Waals surface area contributed by atoms with Gasteiger partial charge in [-0.25, -0.2) is 0 Å². The minimum absolute atomic E-state index is 0.306. The number of amides is 1. The summed E-state index contributed by atoms with van der Waals surface area (Å²) in [7, 11) is 2.94. The van der Waals surface area contributed by atoms with Gasteiger partial charge in [-0.3, -0.25) is 10.2 Å². The number of nitrogens with zero attached hydrogens (tertiary/aromatic N) is 1. The largest absolute Gasteiger partial charge is 0.512 e. The minimum Gasteiger partial charge on any atom is -0.512 e. The molecule has 0 saturated heterocycles. The number of rotatable bonds is 2. The van der Waals surface area contributed by atoms with Crippen molar-refractivity contribution >= 4 is 46.4 Å². The molecule has 0 aliphatic rings. The molecule has 1 amide bonds. The molecule has 2 N–H and O–H groups in total. The Morgan fingerprint density at radius 2 is 1.73 bits per heavy atom. The van der Waals surface area contributed by atoms with Gasteiger partial charge in [0.25, 0.3) is 5.91 Å². The van der Waals surface area contributed by atoms with Crippen LogP contribution in [0.25, 0.3) is 0 Å². The molecule has 0 fully saturated rings. The van der Waals surface area contributed by atoms with Gasteiger partial charge >= 0.3 is 0 Å². The number of likely N-dealkylation sites (N-methyl/N-ethyl adjacent to an activating group) is 1. The summed E-state index contributed by atoms with van der Waals surface area (Å²) in [5, 5.41) is 16.8. The normalized spacial score (nSPS) is 13.2. The van der Waals surface area contributed by atoms with Crippen molar-refractivity contribution in [3.05, 3.63) is 11.3 Å². The highest BCUT2D eigenvalue weighted by Gasteiger charge is 2.34. The van der Waals surface area contributed by atoms with Crippen LogP contribution in [0.2, 0.25) is 0 Å². The number of hydrogen-bond donors (Lipinski definition) is 2. The SMILES string of the molecule is CC(O)=C(C(=N)C(Cl)(Cl)Cl)C(=O)N(C)C. The van der Waals surface area contributed by atoms with Crippen molar-refractivity contribution < 1.29 is 9.90 Å². The predicted molar refractivity (Wildman–Crippen MR) is 62.0 cm³/mol. The maximum atomic E-state index is 11.6. The highest BCUT2D eigenvalue weighted by atomic mass is 35.6. The number of halogens is 3. The molecule has 0 spiro atoms. The summed E-state index contributed by atoms with van der Waals surface area (Å²) in [5.74, 6) is -0.948. The molecule has 0 aliphatic heterocycles. The van der Waals surface area contributed by atoms with Crippen molar-refractivity contribution in [3.8, 4) is 0 Å². The summed E-state index contributed by atoms with van der Waals surface area (Å²) in [6.07, 6.45) is 0. The fraction of sp³-hybridized carbons (Fsp3) is 0.500. The molecule has 4 nitrogen and oxygen atoms in total. The third-order valence-electron chi connectivity index (χ3n) is 1.52. The molecule has 0 aliphatic carbocycles. The zero-order chi connectivity index (χ0) is 12.4. The van der Waals surface area contributed by atoms with E-state index < -0.39 is 15.4 Å². The van der Waals surface area contributed by atoms with Crippen molar-refractivity contribution in [1.82, 2.24) is 4.90 Å². The Hall–Kier alpha value is -0.450. The highest BCUT2D eigenvalue weighted by molar-refractivity contribution is 6.78. The summed E-state index contributed by atoms with van der Waals surface area (Å²) in [5.41, 5.74) is -0.855. The van der Waals surface area contributed by atoms with Crippen LogP contribution in [-0.2, 0) is 4.79 Å². The number of carbonyl (C=O) groups is 1. The number of aliphatic hydroxyl groups excluding tert-OH is 1. The molecule has 0 atom stereocenters. The van der Waals surface area contributed by atoms with Crippen LogP contribution in [0.4, 0.5) is 0 Å². The molecule has 0 radical (unpaired) electrons. The first-order valence-electron chi connectivity index (χ1n) is 3.86. The molecule has 0 heterocycles. The lowest BCUT2D eigenvalue weighted by atomic mass is 10.1. The quantitative estimate of drug-likeness (QED) is 0.351. The minimum atomic E-state index is -2.04. The Balaban J connectivity index is 5.32. The average molecular weight is 274 g/mol. The second kappa shape index (κ2) is 5.05. The molecule has 15 heavy (non-hydrogen) atoms. The van der Waals surface area contributed by atoms with E-state index in [1.807, 2.05) is 0 Å². The maximum Gasteiger partial charge on any atom is 0.258 e. The summed E-state index contributed by atoms with van der Waals surface area (Å²) in [4.78, 5) is 12.7. The number of alkyl halides is 3. The van der Waals surface area contributed by atoms with E-state index >= 15 is 0 Å². The molecule has 0 rings (SSSR count). The van der Waals surface area contributed by atoms with Crippen molar-refractivity contribution in [2.45, 2.75) is 10.7 Å². The van der Waals surface area contributed by atoms with Crippen molar-refractivity contribution in [3.63, 3.8) is 0 Å². The molecule has 0 bridgehead atoms. The maximum absolute atomic E-state index is 11.6. The molecule has 0 aromatic carbocycles. The van der Waals surface area contributed by atoms with Crippen LogP contribution in [0.1, 0.15) is 6.92 Å². The number of hydrogen-bond acceptors (Lipinski definition) is 3. The molecule has 0 aromatic heterocycles. The number of nitrogens with one attached hydrogen (secondary N) is 1.